The standard InChI is InChI=1S/C18H28O5/c1-14(20)23-17(8-6-4-5-7-11-19)13-15-12-16(21-2)9-10-18(15)22-3/h9-10,12,17,19H,4-8,11,13H2,1-3H3/t17-/m1/s1. The predicted octanol–water partition coefficient (Wildman–Crippen LogP) is 3.12. The van der Waals surface area contributed by atoms with Crippen LogP contribution in [0.15, 0.2) is 18.2 Å². The van der Waals surface area contributed by atoms with Gasteiger partial charge in [0.05, 0.1) is 14.2 Å². The molecule has 0 spiro atoms. The fourth-order valence-corrected chi connectivity index (χ4v) is 2.56. The lowest BCUT2D eigenvalue weighted by molar-refractivity contribution is -0.146. The van der Waals surface area contributed by atoms with E-state index in [0.29, 0.717) is 6.42 Å². The summed E-state index contributed by atoms with van der Waals surface area (Å²) in [5, 5.41) is 8.80. The van der Waals surface area contributed by atoms with E-state index in [0.717, 1.165) is 49.2 Å². The molecule has 0 aliphatic carbocycles. The second kappa shape index (κ2) is 10.9. The van der Waals surface area contributed by atoms with Gasteiger partial charge in [0.1, 0.15) is 17.6 Å². The number of carbonyl (C=O) groups excluding carboxylic acids is 1. The van der Waals surface area contributed by atoms with Gasteiger partial charge in [-0.2, -0.15) is 0 Å². The summed E-state index contributed by atoms with van der Waals surface area (Å²) < 4.78 is 16.1. The molecule has 130 valence electrons. The van der Waals surface area contributed by atoms with Crippen LogP contribution in [-0.4, -0.2) is 38.0 Å². The van der Waals surface area contributed by atoms with Gasteiger partial charge in [0, 0.05) is 25.5 Å². The molecule has 1 atom stereocenters. The average Bonchev–Trinajstić information content (AvgIpc) is 2.53. The third-order valence-electron chi connectivity index (χ3n) is 3.70. The molecule has 0 aromatic heterocycles. The van der Waals surface area contributed by atoms with Crippen LogP contribution in [0.3, 0.4) is 0 Å². The normalized spacial score (nSPS) is 11.8. The average molecular weight is 324 g/mol. The first kappa shape index (κ1) is 19.3. The van der Waals surface area contributed by atoms with E-state index in [9.17, 15) is 4.79 Å². The highest BCUT2D eigenvalue weighted by Gasteiger charge is 2.16. The summed E-state index contributed by atoms with van der Waals surface area (Å²) in [5.74, 6) is 1.25. The second-order valence-electron chi connectivity index (χ2n) is 5.54. The van der Waals surface area contributed by atoms with Crippen LogP contribution in [0.4, 0.5) is 0 Å². The third-order valence-corrected chi connectivity index (χ3v) is 3.70. The molecule has 0 amide bonds. The van der Waals surface area contributed by atoms with Gasteiger partial charge < -0.3 is 19.3 Å². The van der Waals surface area contributed by atoms with Crippen LogP contribution in [0.2, 0.25) is 0 Å². The molecule has 23 heavy (non-hydrogen) atoms. The van der Waals surface area contributed by atoms with Gasteiger partial charge in [-0.3, -0.25) is 4.79 Å². The molecule has 0 bridgehead atoms. The van der Waals surface area contributed by atoms with Crippen molar-refractivity contribution in [2.75, 3.05) is 20.8 Å². The molecule has 0 aliphatic heterocycles. The SMILES string of the molecule is COc1ccc(OC)c(C[C@@H](CCCCCCO)OC(C)=O)c1. The van der Waals surface area contributed by atoms with Gasteiger partial charge in [-0.05, 0) is 37.5 Å². The molecular formula is C18H28O5. The largest absolute Gasteiger partial charge is 0.497 e. The summed E-state index contributed by atoms with van der Waals surface area (Å²) in [7, 11) is 3.25. The van der Waals surface area contributed by atoms with Gasteiger partial charge in [0.2, 0.25) is 0 Å². The zero-order chi connectivity index (χ0) is 17.1. The van der Waals surface area contributed by atoms with E-state index in [-0.39, 0.29) is 18.7 Å². The smallest absolute Gasteiger partial charge is 0.302 e. The number of benzene rings is 1. The maximum Gasteiger partial charge on any atom is 0.302 e. The molecule has 0 saturated heterocycles. The van der Waals surface area contributed by atoms with Gasteiger partial charge in [-0.1, -0.05) is 12.8 Å². The monoisotopic (exact) mass is 324 g/mol. The number of rotatable bonds is 11. The summed E-state index contributed by atoms with van der Waals surface area (Å²) in [5.41, 5.74) is 0.966. The van der Waals surface area contributed by atoms with Crippen molar-refractivity contribution in [3.05, 3.63) is 23.8 Å². The van der Waals surface area contributed by atoms with Crippen LogP contribution < -0.4 is 9.47 Å². The van der Waals surface area contributed by atoms with E-state index in [4.69, 9.17) is 19.3 Å². The fourth-order valence-electron chi connectivity index (χ4n) is 2.56. The Morgan fingerprint density at radius 3 is 2.48 bits per heavy atom. The summed E-state index contributed by atoms with van der Waals surface area (Å²) in [4.78, 5) is 11.3. The lowest BCUT2D eigenvalue weighted by Crippen LogP contribution is -2.19. The molecule has 0 fully saturated rings. The lowest BCUT2D eigenvalue weighted by atomic mass is 10.0. The third kappa shape index (κ3) is 7.37. The molecule has 0 saturated carbocycles. The summed E-state index contributed by atoms with van der Waals surface area (Å²) >= 11 is 0. The number of ether oxygens (including phenoxy) is 3. The minimum atomic E-state index is -0.271. The first-order valence-corrected chi connectivity index (χ1v) is 8.09. The second-order valence-corrected chi connectivity index (χ2v) is 5.54. The van der Waals surface area contributed by atoms with Crippen molar-refractivity contribution in [3.63, 3.8) is 0 Å². The Hall–Kier alpha value is -1.75. The van der Waals surface area contributed by atoms with E-state index < -0.39 is 0 Å². The Labute approximate surface area is 138 Å². The lowest BCUT2D eigenvalue weighted by Gasteiger charge is -2.19. The Kier molecular flexibility index (Phi) is 9.14. The zero-order valence-electron chi connectivity index (χ0n) is 14.3. The number of methoxy groups -OCH3 is 2. The van der Waals surface area contributed by atoms with Crippen LogP contribution in [0.25, 0.3) is 0 Å². The van der Waals surface area contributed by atoms with Crippen LogP contribution in [0.1, 0.15) is 44.6 Å². The molecule has 0 unspecified atom stereocenters. The molecule has 5 heteroatoms. The number of hydrogen-bond acceptors (Lipinski definition) is 5. The first-order valence-electron chi connectivity index (χ1n) is 8.09. The highest BCUT2D eigenvalue weighted by Crippen LogP contribution is 2.27. The molecule has 0 radical (unpaired) electrons. The molecule has 0 heterocycles. The van der Waals surface area contributed by atoms with Crippen molar-refractivity contribution in [2.24, 2.45) is 0 Å². The molecular weight excluding hydrogens is 296 g/mol. The number of aliphatic hydroxyl groups is 1. The summed E-state index contributed by atoms with van der Waals surface area (Å²) in [6, 6.07) is 5.62. The Bertz CT molecular complexity index is 472. The van der Waals surface area contributed by atoms with Crippen molar-refractivity contribution in [3.8, 4) is 11.5 Å². The van der Waals surface area contributed by atoms with Gasteiger partial charge in [0.25, 0.3) is 0 Å². The Morgan fingerprint density at radius 2 is 1.87 bits per heavy atom. The zero-order valence-corrected chi connectivity index (χ0v) is 14.3. The summed E-state index contributed by atoms with van der Waals surface area (Å²) in [6.45, 7) is 1.66. The van der Waals surface area contributed by atoms with E-state index in [2.05, 4.69) is 0 Å². The van der Waals surface area contributed by atoms with E-state index in [1.165, 1.54) is 6.92 Å². The van der Waals surface area contributed by atoms with Crippen LogP contribution in [0.5, 0.6) is 11.5 Å². The fraction of sp³-hybridized carbons (Fsp3) is 0.611. The molecule has 0 aliphatic rings. The van der Waals surface area contributed by atoms with Crippen molar-refractivity contribution in [2.45, 2.75) is 51.6 Å². The van der Waals surface area contributed by atoms with Crippen molar-refractivity contribution < 1.29 is 24.1 Å². The van der Waals surface area contributed by atoms with E-state index in [1.807, 2.05) is 18.2 Å². The maximum absolute atomic E-state index is 11.3. The Balaban J connectivity index is 2.69. The predicted molar refractivity (Wildman–Crippen MR) is 89.0 cm³/mol. The molecule has 1 N–H and O–H groups in total. The first-order chi connectivity index (χ1) is 11.1. The highest BCUT2D eigenvalue weighted by molar-refractivity contribution is 5.66. The number of carbonyl (C=O) groups is 1. The van der Waals surface area contributed by atoms with Gasteiger partial charge >= 0.3 is 5.97 Å². The number of aliphatic hydroxyl groups excluding tert-OH is 1. The van der Waals surface area contributed by atoms with Gasteiger partial charge in [0.15, 0.2) is 0 Å². The summed E-state index contributed by atoms with van der Waals surface area (Å²) in [6.07, 6.45) is 5.01. The van der Waals surface area contributed by atoms with Crippen molar-refractivity contribution >= 4 is 5.97 Å². The number of unbranched alkanes of at least 4 members (excludes halogenated alkanes) is 3. The highest BCUT2D eigenvalue weighted by atomic mass is 16.5. The maximum atomic E-state index is 11.3. The molecule has 1 rings (SSSR count). The van der Waals surface area contributed by atoms with E-state index in [1.54, 1.807) is 14.2 Å². The van der Waals surface area contributed by atoms with Crippen LogP contribution >= 0.6 is 0 Å². The van der Waals surface area contributed by atoms with Crippen molar-refractivity contribution in [1.82, 2.24) is 0 Å². The minimum absolute atomic E-state index is 0.178. The quantitative estimate of drug-likeness (QED) is 0.500. The van der Waals surface area contributed by atoms with Crippen LogP contribution in [-0.2, 0) is 16.0 Å². The van der Waals surface area contributed by atoms with Crippen LogP contribution in [0, 0.1) is 0 Å². The topological polar surface area (TPSA) is 65.0 Å². The molecule has 5 nitrogen and oxygen atoms in total. The van der Waals surface area contributed by atoms with Gasteiger partial charge in [-0.15, -0.1) is 0 Å². The Morgan fingerprint density at radius 1 is 1.13 bits per heavy atom. The van der Waals surface area contributed by atoms with Crippen molar-refractivity contribution in [1.29, 1.82) is 0 Å². The minimum Gasteiger partial charge on any atom is -0.497 e. The molecule has 1 aromatic rings. The molecule has 1 aromatic carbocycles. The number of esters is 1. The number of hydrogen-bond donors (Lipinski definition) is 1. The van der Waals surface area contributed by atoms with Gasteiger partial charge in [-0.25, -0.2) is 0 Å². The van der Waals surface area contributed by atoms with E-state index >= 15 is 0 Å².